The van der Waals surface area contributed by atoms with E-state index in [9.17, 15) is 0 Å². The van der Waals surface area contributed by atoms with E-state index in [0.717, 1.165) is 28.6 Å². The zero-order valence-electron chi connectivity index (χ0n) is 11.1. The number of hydrazone groups is 1. The van der Waals surface area contributed by atoms with Gasteiger partial charge in [-0.05, 0) is 25.5 Å². The second-order valence-corrected chi connectivity index (χ2v) is 4.91. The van der Waals surface area contributed by atoms with Gasteiger partial charge in [-0.15, -0.1) is 11.3 Å². The third-order valence-corrected chi connectivity index (χ3v) is 3.23. The number of para-hydroxylation sites is 1. The second kappa shape index (κ2) is 6.89. The lowest BCUT2D eigenvalue weighted by Crippen LogP contribution is -1.99. The monoisotopic (exact) mass is 275 g/mol. The van der Waals surface area contributed by atoms with Gasteiger partial charge >= 0.3 is 0 Å². The Bertz CT molecular complexity index is 551. The highest BCUT2D eigenvalue weighted by Crippen LogP contribution is 2.17. The maximum atomic E-state index is 5.66. The van der Waals surface area contributed by atoms with E-state index >= 15 is 0 Å². The minimum Gasteiger partial charge on any atom is -0.493 e. The molecule has 0 aliphatic heterocycles. The van der Waals surface area contributed by atoms with E-state index in [0.29, 0.717) is 6.61 Å². The third-order valence-electron chi connectivity index (χ3n) is 2.36. The number of nitrogens with one attached hydrogen (secondary N) is 1. The summed E-state index contributed by atoms with van der Waals surface area (Å²) in [6, 6.07) is 7.85. The summed E-state index contributed by atoms with van der Waals surface area (Å²) in [5.41, 5.74) is 4.87. The molecule has 1 aromatic carbocycles. The van der Waals surface area contributed by atoms with Gasteiger partial charge in [0.1, 0.15) is 5.75 Å². The van der Waals surface area contributed by atoms with Gasteiger partial charge in [-0.25, -0.2) is 4.98 Å². The molecule has 19 heavy (non-hydrogen) atoms. The van der Waals surface area contributed by atoms with Crippen molar-refractivity contribution in [1.29, 1.82) is 0 Å². The van der Waals surface area contributed by atoms with Crippen LogP contribution in [0, 0.1) is 6.92 Å². The molecular formula is C14H17N3OS. The average molecular weight is 275 g/mol. The molecule has 2 aromatic rings. The van der Waals surface area contributed by atoms with Crippen molar-refractivity contribution in [3.63, 3.8) is 0 Å². The summed E-state index contributed by atoms with van der Waals surface area (Å²) in [4.78, 5) is 4.28. The molecule has 0 aliphatic rings. The number of aromatic nitrogens is 1. The van der Waals surface area contributed by atoms with E-state index < -0.39 is 0 Å². The maximum absolute atomic E-state index is 5.66. The van der Waals surface area contributed by atoms with E-state index in [4.69, 9.17) is 4.74 Å². The number of ether oxygens (including phenoxy) is 1. The number of aryl methyl sites for hydroxylation is 1. The van der Waals surface area contributed by atoms with Crippen molar-refractivity contribution in [3.8, 4) is 5.75 Å². The van der Waals surface area contributed by atoms with Gasteiger partial charge in [-0.2, -0.15) is 5.10 Å². The standard InChI is InChI=1S/C14H17N3OS/c1-3-8-18-13-7-5-4-6-12(13)9-15-17-14-16-11(2)10-19-14/h4-7,9-10H,3,8H2,1-2H3,(H,16,17)/b15-9+. The molecule has 0 atom stereocenters. The molecule has 0 unspecified atom stereocenters. The van der Waals surface area contributed by atoms with Gasteiger partial charge in [-0.3, -0.25) is 5.43 Å². The van der Waals surface area contributed by atoms with Gasteiger partial charge in [0.05, 0.1) is 18.5 Å². The Kier molecular flexibility index (Phi) is 4.92. The summed E-state index contributed by atoms with van der Waals surface area (Å²) in [5.74, 6) is 0.852. The fraction of sp³-hybridized carbons (Fsp3) is 0.286. The molecule has 1 aromatic heterocycles. The molecule has 0 saturated carbocycles. The van der Waals surface area contributed by atoms with Crippen LogP contribution in [0.5, 0.6) is 5.75 Å². The Morgan fingerprint density at radius 2 is 2.26 bits per heavy atom. The van der Waals surface area contributed by atoms with Gasteiger partial charge in [0.25, 0.3) is 0 Å². The lowest BCUT2D eigenvalue weighted by atomic mass is 10.2. The lowest BCUT2D eigenvalue weighted by molar-refractivity contribution is 0.317. The first-order chi connectivity index (χ1) is 9.29. The fourth-order valence-electron chi connectivity index (χ4n) is 1.49. The molecule has 0 aliphatic carbocycles. The van der Waals surface area contributed by atoms with Crippen molar-refractivity contribution in [1.82, 2.24) is 4.98 Å². The van der Waals surface area contributed by atoms with Crippen LogP contribution >= 0.6 is 11.3 Å². The average Bonchev–Trinajstić information content (AvgIpc) is 2.83. The Balaban J connectivity index is 2.01. The molecular weight excluding hydrogens is 258 g/mol. The van der Waals surface area contributed by atoms with Crippen molar-refractivity contribution in [2.24, 2.45) is 5.10 Å². The highest BCUT2D eigenvalue weighted by Gasteiger charge is 2.00. The Morgan fingerprint density at radius 1 is 1.42 bits per heavy atom. The Labute approximate surface area is 117 Å². The van der Waals surface area contributed by atoms with Gasteiger partial charge in [0, 0.05) is 10.9 Å². The van der Waals surface area contributed by atoms with Gasteiger partial charge in [-0.1, -0.05) is 19.1 Å². The van der Waals surface area contributed by atoms with E-state index in [2.05, 4.69) is 22.4 Å². The third kappa shape index (κ3) is 4.06. The van der Waals surface area contributed by atoms with Crippen LogP contribution in [0.2, 0.25) is 0 Å². The topological polar surface area (TPSA) is 46.5 Å². The van der Waals surface area contributed by atoms with E-state index in [1.807, 2.05) is 36.6 Å². The van der Waals surface area contributed by atoms with Gasteiger partial charge < -0.3 is 4.74 Å². The molecule has 2 rings (SSSR count). The minimum atomic E-state index is 0.712. The summed E-state index contributed by atoms with van der Waals surface area (Å²) >= 11 is 1.54. The van der Waals surface area contributed by atoms with Crippen LogP contribution in [-0.4, -0.2) is 17.8 Å². The van der Waals surface area contributed by atoms with Crippen molar-refractivity contribution in [2.45, 2.75) is 20.3 Å². The second-order valence-electron chi connectivity index (χ2n) is 4.05. The molecule has 4 nitrogen and oxygen atoms in total. The molecule has 0 fully saturated rings. The molecule has 0 radical (unpaired) electrons. The van der Waals surface area contributed by atoms with Crippen LogP contribution in [0.1, 0.15) is 24.6 Å². The molecule has 0 amide bonds. The van der Waals surface area contributed by atoms with E-state index in [-0.39, 0.29) is 0 Å². The van der Waals surface area contributed by atoms with Crippen LogP contribution in [0.3, 0.4) is 0 Å². The molecule has 5 heteroatoms. The summed E-state index contributed by atoms with van der Waals surface area (Å²) in [6.07, 6.45) is 2.74. The molecule has 0 spiro atoms. The summed E-state index contributed by atoms with van der Waals surface area (Å²) in [7, 11) is 0. The Morgan fingerprint density at radius 3 is 3.00 bits per heavy atom. The maximum Gasteiger partial charge on any atom is 0.203 e. The van der Waals surface area contributed by atoms with Gasteiger partial charge in [0.2, 0.25) is 5.13 Å². The number of nitrogens with zero attached hydrogens (tertiary/aromatic N) is 2. The molecule has 1 heterocycles. The van der Waals surface area contributed by atoms with Crippen molar-refractivity contribution < 1.29 is 4.74 Å². The van der Waals surface area contributed by atoms with Crippen molar-refractivity contribution >= 4 is 22.7 Å². The Hall–Kier alpha value is -1.88. The zero-order valence-corrected chi connectivity index (χ0v) is 11.9. The number of hydrogen-bond donors (Lipinski definition) is 1. The molecule has 1 N–H and O–H groups in total. The summed E-state index contributed by atoms with van der Waals surface area (Å²) in [6.45, 7) is 4.76. The molecule has 0 bridgehead atoms. The lowest BCUT2D eigenvalue weighted by Gasteiger charge is -2.07. The van der Waals surface area contributed by atoms with Crippen LogP contribution in [-0.2, 0) is 0 Å². The minimum absolute atomic E-state index is 0.712. The molecule has 0 saturated heterocycles. The van der Waals surface area contributed by atoms with E-state index in [1.165, 1.54) is 11.3 Å². The largest absolute Gasteiger partial charge is 0.493 e. The van der Waals surface area contributed by atoms with Crippen LogP contribution in [0.15, 0.2) is 34.7 Å². The van der Waals surface area contributed by atoms with Gasteiger partial charge in [0.15, 0.2) is 0 Å². The predicted molar refractivity (Wildman–Crippen MR) is 80.3 cm³/mol. The first-order valence-corrected chi connectivity index (χ1v) is 7.10. The van der Waals surface area contributed by atoms with Crippen LogP contribution < -0.4 is 10.2 Å². The first kappa shape index (κ1) is 13.5. The number of benzene rings is 1. The zero-order chi connectivity index (χ0) is 13.5. The SMILES string of the molecule is CCCOc1ccccc1/C=N/Nc1nc(C)cs1. The summed E-state index contributed by atoms with van der Waals surface area (Å²) < 4.78 is 5.66. The quantitative estimate of drug-likeness (QED) is 0.646. The van der Waals surface area contributed by atoms with Crippen molar-refractivity contribution in [3.05, 3.63) is 40.9 Å². The number of rotatable bonds is 6. The fourth-order valence-corrected chi connectivity index (χ4v) is 2.13. The normalized spacial score (nSPS) is 10.8. The van der Waals surface area contributed by atoms with Crippen molar-refractivity contribution in [2.75, 3.05) is 12.0 Å². The highest BCUT2D eigenvalue weighted by molar-refractivity contribution is 7.13. The number of hydrogen-bond acceptors (Lipinski definition) is 5. The predicted octanol–water partition coefficient (Wildman–Crippen LogP) is 3.69. The van der Waals surface area contributed by atoms with E-state index in [1.54, 1.807) is 6.21 Å². The first-order valence-electron chi connectivity index (χ1n) is 6.22. The summed E-state index contributed by atoms with van der Waals surface area (Å²) in [5, 5.41) is 6.96. The van der Waals surface area contributed by atoms with Crippen LogP contribution in [0.25, 0.3) is 0 Å². The highest BCUT2D eigenvalue weighted by atomic mass is 32.1. The number of thiazole rings is 1. The smallest absolute Gasteiger partial charge is 0.203 e. The molecule has 100 valence electrons. The van der Waals surface area contributed by atoms with Crippen LogP contribution in [0.4, 0.5) is 5.13 Å². The number of anilines is 1.